The molecule has 2 N–H and O–H groups in total. The molecule has 0 aromatic carbocycles. The Labute approximate surface area is 199 Å². The molecular formula is C23H37F3N6O2. The number of nitrogen functional groups attached to an aromatic ring is 1. The second kappa shape index (κ2) is 12.2. The summed E-state index contributed by atoms with van der Waals surface area (Å²) < 4.78 is 53.9. The molecule has 1 aliphatic heterocycles. The molecule has 2 aromatic rings. The zero-order chi connectivity index (χ0) is 25.5. The number of nitrogens with zero attached hydrogens (tertiary/aromatic N) is 5. The van der Waals surface area contributed by atoms with Crippen molar-refractivity contribution >= 4 is 11.8 Å². The van der Waals surface area contributed by atoms with Crippen molar-refractivity contribution in [3.05, 3.63) is 23.1 Å². The van der Waals surface area contributed by atoms with Crippen LogP contribution in [0.5, 0.6) is 5.75 Å². The Morgan fingerprint density at radius 3 is 2.44 bits per heavy atom. The van der Waals surface area contributed by atoms with E-state index in [2.05, 4.69) is 15.1 Å². The number of ether oxygens (including phenoxy) is 2. The number of aryl methyl sites for hydroxylation is 1. The number of rotatable bonds is 5. The number of hydrogen-bond donors (Lipinski definition) is 1. The number of hydrogen-bond acceptors (Lipinski definition) is 7. The van der Waals surface area contributed by atoms with Crippen molar-refractivity contribution < 1.29 is 22.6 Å². The third kappa shape index (κ3) is 6.31. The van der Waals surface area contributed by atoms with E-state index in [1.54, 1.807) is 0 Å². The van der Waals surface area contributed by atoms with Crippen molar-refractivity contribution in [2.75, 3.05) is 36.9 Å². The summed E-state index contributed by atoms with van der Waals surface area (Å²) >= 11 is 0. The van der Waals surface area contributed by atoms with Gasteiger partial charge >= 0.3 is 6.18 Å². The lowest BCUT2D eigenvalue weighted by molar-refractivity contribution is -0.137. The van der Waals surface area contributed by atoms with E-state index in [-0.39, 0.29) is 38.1 Å². The molecule has 2 aliphatic rings. The summed E-state index contributed by atoms with van der Waals surface area (Å²) in [7, 11) is 0. The highest BCUT2D eigenvalue weighted by molar-refractivity contribution is 5.50. The summed E-state index contributed by atoms with van der Waals surface area (Å²) in [6.45, 7) is 12.8. The van der Waals surface area contributed by atoms with Crippen LogP contribution in [0.2, 0.25) is 0 Å². The van der Waals surface area contributed by atoms with Gasteiger partial charge in [-0.2, -0.15) is 23.3 Å². The maximum absolute atomic E-state index is 13.4. The molecular weight excluding hydrogens is 449 g/mol. The molecule has 0 radical (unpaired) electrons. The first-order chi connectivity index (χ1) is 16.2. The third-order valence-electron chi connectivity index (χ3n) is 5.62. The second-order valence-electron chi connectivity index (χ2n) is 7.74. The van der Waals surface area contributed by atoms with Crippen LogP contribution < -0.4 is 15.4 Å². The van der Waals surface area contributed by atoms with Gasteiger partial charge in [0.25, 0.3) is 0 Å². The summed E-state index contributed by atoms with van der Waals surface area (Å²) in [6, 6.07) is 0.423. The van der Waals surface area contributed by atoms with Gasteiger partial charge in [0.1, 0.15) is 29.8 Å². The highest BCUT2D eigenvalue weighted by Crippen LogP contribution is 2.37. The van der Waals surface area contributed by atoms with Crippen molar-refractivity contribution in [3.8, 4) is 5.75 Å². The lowest BCUT2D eigenvalue weighted by Crippen LogP contribution is -2.46. The van der Waals surface area contributed by atoms with E-state index < -0.39 is 17.8 Å². The maximum Gasteiger partial charge on any atom is 0.421 e. The molecule has 1 unspecified atom stereocenters. The lowest BCUT2D eigenvalue weighted by atomic mass is 9.93. The topological polar surface area (TPSA) is 91.3 Å². The highest BCUT2D eigenvalue weighted by atomic mass is 19.4. The van der Waals surface area contributed by atoms with Gasteiger partial charge in [0.05, 0.1) is 18.3 Å². The Morgan fingerprint density at radius 2 is 1.85 bits per heavy atom. The molecule has 2 fully saturated rings. The normalized spacial score (nSPS) is 18.3. The second-order valence-corrected chi connectivity index (χ2v) is 7.74. The number of nitrogens with two attached hydrogens (primary N) is 1. The van der Waals surface area contributed by atoms with Crippen LogP contribution in [0.25, 0.3) is 0 Å². The average molecular weight is 487 g/mol. The fraction of sp³-hybridized carbons (Fsp3) is 0.696. The van der Waals surface area contributed by atoms with Crippen LogP contribution in [0.4, 0.5) is 24.9 Å². The molecule has 8 nitrogen and oxygen atoms in total. The Bertz CT molecular complexity index is 915. The van der Waals surface area contributed by atoms with E-state index in [0.717, 1.165) is 30.4 Å². The highest BCUT2D eigenvalue weighted by Gasteiger charge is 2.38. The summed E-state index contributed by atoms with van der Waals surface area (Å²) in [5.74, 6) is 0.283. The number of alkyl halides is 3. The summed E-state index contributed by atoms with van der Waals surface area (Å²) in [5.41, 5.74) is 6.40. The molecule has 3 heterocycles. The number of halogens is 3. The molecule has 0 spiro atoms. The van der Waals surface area contributed by atoms with E-state index in [1.807, 2.05) is 46.2 Å². The standard InChI is InChI=1S/C19H25F3N6O2.2C2H6/c1-11-16(12(2)28(26-11)13-4-3-5-13)30-10-14-9-27(6-7-29-14)17-15(19(20,21)22)8-24-18(23)25-17;2*1-2/h8,13-14H,3-7,9-10H2,1-2H3,(H2,23,24,25);2*1-2H3. The Morgan fingerprint density at radius 1 is 1.18 bits per heavy atom. The van der Waals surface area contributed by atoms with Crippen LogP contribution >= 0.6 is 0 Å². The van der Waals surface area contributed by atoms with Crippen LogP contribution in [-0.4, -0.2) is 52.2 Å². The molecule has 4 rings (SSSR count). The summed E-state index contributed by atoms with van der Waals surface area (Å²) in [4.78, 5) is 8.87. The minimum absolute atomic E-state index is 0.202. The van der Waals surface area contributed by atoms with Crippen molar-refractivity contribution in [1.29, 1.82) is 0 Å². The smallest absolute Gasteiger partial charge is 0.421 e. The minimum Gasteiger partial charge on any atom is -0.487 e. The van der Waals surface area contributed by atoms with Gasteiger partial charge in [-0.05, 0) is 33.1 Å². The monoisotopic (exact) mass is 486 g/mol. The largest absolute Gasteiger partial charge is 0.487 e. The summed E-state index contributed by atoms with van der Waals surface area (Å²) in [5, 5.41) is 4.59. The zero-order valence-corrected chi connectivity index (χ0v) is 20.9. The summed E-state index contributed by atoms with van der Waals surface area (Å²) in [6.07, 6.45) is -0.824. The fourth-order valence-electron chi connectivity index (χ4n) is 3.86. The van der Waals surface area contributed by atoms with E-state index >= 15 is 0 Å². The van der Waals surface area contributed by atoms with Crippen LogP contribution in [0.1, 0.15) is 70.0 Å². The zero-order valence-electron chi connectivity index (χ0n) is 20.9. The van der Waals surface area contributed by atoms with Crippen molar-refractivity contribution in [2.24, 2.45) is 0 Å². The first kappa shape index (κ1) is 27.7. The van der Waals surface area contributed by atoms with Gasteiger partial charge in [-0.25, -0.2) is 4.98 Å². The molecule has 1 atom stereocenters. The van der Waals surface area contributed by atoms with Gasteiger partial charge in [0, 0.05) is 19.3 Å². The van der Waals surface area contributed by atoms with Gasteiger partial charge in [-0.15, -0.1) is 0 Å². The van der Waals surface area contributed by atoms with Crippen molar-refractivity contribution in [3.63, 3.8) is 0 Å². The van der Waals surface area contributed by atoms with Gasteiger partial charge in [-0.1, -0.05) is 27.7 Å². The molecule has 0 bridgehead atoms. The maximum atomic E-state index is 13.4. The lowest BCUT2D eigenvalue weighted by Gasteiger charge is -2.34. The van der Waals surface area contributed by atoms with Crippen LogP contribution in [0, 0.1) is 13.8 Å². The number of aromatic nitrogens is 4. The van der Waals surface area contributed by atoms with E-state index in [0.29, 0.717) is 11.8 Å². The molecule has 1 saturated carbocycles. The van der Waals surface area contributed by atoms with Gasteiger partial charge in [-0.3, -0.25) is 4.68 Å². The first-order valence-electron chi connectivity index (χ1n) is 12.0. The molecule has 2 aromatic heterocycles. The Balaban J connectivity index is 0.000000970. The minimum atomic E-state index is -4.57. The molecule has 1 aliphatic carbocycles. The van der Waals surface area contributed by atoms with E-state index in [9.17, 15) is 13.2 Å². The van der Waals surface area contributed by atoms with E-state index in [1.165, 1.54) is 11.3 Å². The third-order valence-corrected chi connectivity index (χ3v) is 5.62. The predicted molar refractivity (Wildman–Crippen MR) is 126 cm³/mol. The fourth-order valence-corrected chi connectivity index (χ4v) is 3.86. The first-order valence-corrected chi connectivity index (χ1v) is 12.0. The molecule has 1 saturated heterocycles. The van der Waals surface area contributed by atoms with Gasteiger partial charge < -0.3 is 20.1 Å². The van der Waals surface area contributed by atoms with E-state index in [4.69, 9.17) is 15.2 Å². The van der Waals surface area contributed by atoms with Crippen molar-refractivity contribution in [1.82, 2.24) is 19.7 Å². The van der Waals surface area contributed by atoms with Crippen molar-refractivity contribution in [2.45, 2.75) is 79.1 Å². The molecule has 11 heteroatoms. The predicted octanol–water partition coefficient (Wildman–Crippen LogP) is 4.95. The van der Waals surface area contributed by atoms with Crippen LogP contribution in [0.3, 0.4) is 0 Å². The van der Waals surface area contributed by atoms with Gasteiger partial charge in [0.15, 0.2) is 5.75 Å². The molecule has 34 heavy (non-hydrogen) atoms. The number of anilines is 2. The van der Waals surface area contributed by atoms with Gasteiger partial charge in [0.2, 0.25) is 5.95 Å². The number of morpholine rings is 1. The van der Waals surface area contributed by atoms with Crippen LogP contribution in [0.15, 0.2) is 6.20 Å². The quantitative estimate of drug-likeness (QED) is 0.639. The molecule has 0 amide bonds. The van der Waals surface area contributed by atoms with Crippen LogP contribution in [-0.2, 0) is 10.9 Å². The molecule has 192 valence electrons. The Hall–Kier alpha value is -2.56. The Kier molecular flexibility index (Phi) is 9.96. The SMILES string of the molecule is CC.CC.Cc1nn(C2CCC2)c(C)c1OCC1CN(c2nc(N)ncc2C(F)(F)F)CCO1. The average Bonchev–Trinajstić information content (AvgIpc) is 3.06.